The highest BCUT2D eigenvalue weighted by atomic mass is 32.1. The first-order valence-corrected chi connectivity index (χ1v) is 7.29. The molecule has 1 heterocycles. The topological polar surface area (TPSA) is 49.8 Å². The summed E-state index contributed by atoms with van der Waals surface area (Å²) in [5.74, 6) is -0.828. The van der Waals surface area contributed by atoms with E-state index >= 15 is 0 Å². The van der Waals surface area contributed by atoms with Crippen LogP contribution >= 0.6 is 12.2 Å². The van der Waals surface area contributed by atoms with Gasteiger partial charge in [0.25, 0.3) is 5.17 Å². The van der Waals surface area contributed by atoms with E-state index in [1.807, 2.05) is 30.3 Å². The lowest BCUT2D eigenvalue weighted by Gasteiger charge is -2.25. The summed E-state index contributed by atoms with van der Waals surface area (Å²) >= 11 is 5.13. The summed E-state index contributed by atoms with van der Waals surface area (Å²) in [6.07, 6.45) is 1.14. The molecule has 0 spiro atoms. The number of thiocarbonyl (C=S) groups is 1. The Balaban J connectivity index is 2.13. The second-order valence-electron chi connectivity index (χ2n) is 5.14. The predicted molar refractivity (Wildman–Crippen MR) is 84.7 cm³/mol. The van der Waals surface area contributed by atoms with Crippen LogP contribution in [-0.2, 0) is 16.0 Å². The highest BCUT2D eigenvalue weighted by Gasteiger charge is 2.38. The van der Waals surface area contributed by atoms with Crippen LogP contribution in [0.25, 0.3) is 0 Å². The number of amides is 1. The average molecular weight is 305 g/mol. The molecule has 0 radical (unpaired) electrons. The Morgan fingerprint density at radius 3 is 2.86 bits per heavy atom. The molecule has 0 bridgehead atoms. The number of ether oxygens (including phenoxy) is 1. The molecule has 0 saturated carbocycles. The molecule has 1 N–H and O–H groups in total. The fourth-order valence-electron chi connectivity index (χ4n) is 2.34. The second kappa shape index (κ2) is 6.83. The van der Waals surface area contributed by atoms with E-state index in [9.17, 15) is 9.90 Å². The Labute approximate surface area is 130 Å². The van der Waals surface area contributed by atoms with Gasteiger partial charge in [-0.2, -0.15) is 0 Å². The zero-order chi connectivity index (χ0) is 15.4. The molecule has 1 aliphatic heterocycles. The minimum absolute atomic E-state index is 0.133. The molecule has 21 heavy (non-hydrogen) atoms. The number of rotatable bonds is 5. The van der Waals surface area contributed by atoms with Crippen molar-refractivity contribution in [3.8, 4) is 0 Å². The smallest absolute Gasteiger partial charge is 0.266 e. The molecule has 112 valence electrons. The van der Waals surface area contributed by atoms with Gasteiger partial charge in [0.2, 0.25) is 5.91 Å². The summed E-state index contributed by atoms with van der Waals surface area (Å²) in [6, 6.07) is 9.74. The molecule has 1 aliphatic rings. The van der Waals surface area contributed by atoms with E-state index in [2.05, 4.69) is 6.58 Å². The zero-order valence-electron chi connectivity index (χ0n) is 11.9. The van der Waals surface area contributed by atoms with Gasteiger partial charge in [-0.15, -0.1) is 6.58 Å². The molecule has 1 aromatic carbocycles. The molecular weight excluding hydrogens is 286 g/mol. The van der Waals surface area contributed by atoms with Crippen molar-refractivity contribution in [3.05, 3.63) is 48.6 Å². The third-order valence-corrected chi connectivity index (χ3v) is 3.97. The molecule has 2 rings (SSSR count). The van der Waals surface area contributed by atoms with Gasteiger partial charge >= 0.3 is 0 Å². The number of carbonyl (C=O) groups is 1. The van der Waals surface area contributed by atoms with Gasteiger partial charge in [0.05, 0.1) is 18.1 Å². The van der Waals surface area contributed by atoms with Gasteiger partial charge in [-0.05, 0) is 24.2 Å². The maximum Gasteiger partial charge on any atom is 0.266 e. The molecule has 1 aromatic rings. The lowest BCUT2D eigenvalue weighted by Crippen LogP contribution is -2.45. The number of nitrogens with zero attached hydrogens (tertiary/aromatic N) is 1. The van der Waals surface area contributed by atoms with Crippen LogP contribution in [0.2, 0.25) is 0 Å². The quantitative estimate of drug-likeness (QED) is 0.667. The van der Waals surface area contributed by atoms with Crippen molar-refractivity contribution in [2.45, 2.75) is 25.5 Å². The van der Waals surface area contributed by atoms with Gasteiger partial charge < -0.3 is 9.84 Å². The first-order valence-electron chi connectivity index (χ1n) is 6.89. The molecule has 1 saturated heterocycles. The van der Waals surface area contributed by atoms with Crippen LogP contribution in [0.5, 0.6) is 0 Å². The Kier molecular flexibility index (Phi) is 5.09. The number of hydrogen-bond acceptors (Lipinski definition) is 4. The molecule has 0 unspecified atom stereocenters. The third kappa shape index (κ3) is 3.49. The number of carbonyl (C=O) groups excluding carboxylic acids is 1. The Morgan fingerprint density at radius 1 is 1.57 bits per heavy atom. The first-order chi connectivity index (χ1) is 10.0. The zero-order valence-corrected chi connectivity index (χ0v) is 12.8. The fraction of sp³-hybridized carbons (Fsp3) is 0.375. The van der Waals surface area contributed by atoms with Crippen LogP contribution in [0.4, 0.5) is 0 Å². The Morgan fingerprint density at radius 2 is 2.24 bits per heavy atom. The van der Waals surface area contributed by atoms with Crippen molar-refractivity contribution < 1.29 is 14.6 Å². The fourth-order valence-corrected chi connectivity index (χ4v) is 2.64. The van der Waals surface area contributed by atoms with E-state index in [1.165, 1.54) is 11.0 Å². The van der Waals surface area contributed by atoms with Gasteiger partial charge in [0.1, 0.15) is 6.61 Å². The largest absolute Gasteiger partial charge is 0.468 e. The predicted octanol–water partition coefficient (Wildman–Crippen LogP) is 1.92. The van der Waals surface area contributed by atoms with E-state index in [4.69, 9.17) is 17.0 Å². The lowest BCUT2D eigenvalue weighted by atomic mass is 10.0. The van der Waals surface area contributed by atoms with Gasteiger partial charge in [-0.3, -0.25) is 9.69 Å². The summed E-state index contributed by atoms with van der Waals surface area (Å²) in [7, 11) is 0. The van der Waals surface area contributed by atoms with Crippen molar-refractivity contribution in [2.24, 2.45) is 5.92 Å². The van der Waals surface area contributed by atoms with E-state index in [-0.39, 0.29) is 17.1 Å². The van der Waals surface area contributed by atoms with Crippen LogP contribution < -0.4 is 0 Å². The van der Waals surface area contributed by atoms with Crippen molar-refractivity contribution in [1.29, 1.82) is 0 Å². The third-order valence-electron chi connectivity index (χ3n) is 3.66. The van der Waals surface area contributed by atoms with Crippen molar-refractivity contribution in [2.75, 3.05) is 6.61 Å². The summed E-state index contributed by atoms with van der Waals surface area (Å²) < 4.78 is 5.36. The van der Waals surface area contributed by atoms with E-state index in [0.29, 0.717) is 13.0 Å². The van der Waals surface area contributed by atoms with Crippen molar-refractivity contribution >= 4 is 23.3 Å². The molecular formula is C16H19NO3S. The van der Waals surface area contributed by atoms with Gasteiger partial charge in [-0.25, -0.2) is 0 Å². The molecule has 4 nitrogen and oxygen atoms in total. The van der Waals surface area contributed by atoms with Crippen LogP contribution in [0.3, 0.4) is 0 Å². The summed E-state index contributed by atoms with van der Waals surface area (Å²) in [5, 5.41) is 9.95. The van der Waals surface area contributed by atoms with Crippen LogP contribution in [0.15, 0.2) is 43.0 Å². The highest BCUT2D eigenvalue weighted by molar-refractivity contribution is 7.80. The summed E-state index contributed by atoms with van der Waals surface area (Å²) in [4.78, 5) is 14.0. The molecule has 1 amide bonds. The SMILES string of the molecule is C=C[C@H](O)[C@@H](C)C(=O)N1C(=S)OC[C@@H]1Cc1ccccc1. The van der Waals surface area contributed by atoms with Crippen LogP contribution in [-0.4, -0.2) is 39.8 Å². The molecule has 0 aliphatic carbocycles. The second-order valence-corrected chi connectivity index (χ2v) is 5.49. The monoisotopic (exact) mass is 305 g/mol. The normalized spacial score (nSPS) is 20.8. The Bertz CT molecular complexity index is 532. The minimum Gasteiger partial charge on any atom is -0.468 e. The standard InChI is InChI=1S/C16H19NO3S/c1-3-14(18)11(2)15(19)17-13(10-20-16(17)21)9-12-7-5-4-6-8-12/h3-8,11,13-14,18H,1,9-10H2,2H3/t11-,13+,14+/m1/s1. The minimum atomic E-state index is -0.890. The molecule has 1 fully saturated rings. The van der Waals surface area contributed by atoms with E-state index < -0.39 is 12.0 Å². The average Bonchev–Trinajstić information content (AvgIpc) is 2.86. The van der Waals surface area contributed by atoms with E-state index in [1.54, 1.807) is 6.92 Å². The molecule has 3 atom stereocenters. The van der Waals surface area contributed by atoms with Gasteiger partial charge in [0.15, 0.2) is 0 Å². The van der Waals surface area contributed by atoms with Crippen LogP contribution in [0, 0.1) is 5.92 Å². The number of aliphatic hydroxyl groups excluding tert-OH is 1. The van der Waals surface area contributed by atoms with Gasteiger partial charge in [0, 0.05) is 0 Å². The maximum absolute atomic E-state index is 12.5. The van der Waals surface area contributed by atoms with Gasteiger partial charge in [-0.1, -0.05) is 43.3 Å². The number of hydrogen-bond donors (Lipinski definition) is 1. The number of benzene rings is 1. The summed E-state index contributed by atoms with van der Waals surface area (Å²) in [5.41, 5.74) is 1.12. The van der Waals surface area contributed by atoms with Crippen LogP contribution in [0.1, 0.15) is 12.5 Å². The molecule has 5 heteroatoms. The van der Waals surface area contributed by atoms with Crippen molar-refractivity contribution in [1.82, 2.24) is 4.90 Å². The highest BCUT2D eigenvalue weighted by Crippen LogP contribution is 2.21. The number of aliphatic hydroxyl groups is 1. The van der Waals surface area contributed by atoms with Crippen molar-refractivity contribution in [3.63, 3.8) is 0 Å². The first kappa shape index (κ1) is 15.7. The summed E-state index contributed by atoms with van der Waals surface area (Å²) in [6.45, 7) is 5.56. The maximum atomic E-state index is 12.5. The lowest BCUT2D eigenvalue weighted by molar-refractivity contribution is -0.134. The van der Waals surface area contributed by atoms with E-state index in [0.717, 1.165) is 5.56 Å². The Hall–Kier alpha value is -1.72. The molecule has 0 aromatic heterocycles.